The Balaban J connectivity index is 1.67. The topological polar surface area (TPSA) is 58.1 Å². The summed E-state index contributed by atoms with van der Waals surface area (Å²) < 4.78 is 0. The Morgan fingerprint density at radius 3 is 2.80 bits per heavy atom. The molecule has 5 heteroatoms. The van der Waals surface area contributed by atoms with Crippen molar-refractivity contribution in [3.8, 4) is 0 Å². The minimum Gasteiger partial charge on any atom is -0.347 e. The predicted octanol–water partition coefficient (Wildman–Crippen LogP) is 3.48. The Bertz CT molecular complexity index is 714. The summed E-state index contributed by atoms with van der Waals surface area (Å²) in [5.41, 5.74) is 2.72. The normalized spacial score (nSPS) is 17.4. The standard InChI is InChI=1S/C20H26N4O/c1-3-17-6-4-5-13-24(17)20-21-12-11-18(23-20)19(25)22-14-16-9-7-15(2)8-10-16/h7-12,17H,3-6,13-14H2,1-2H3,(H,22,25). The monoisotopic (exact) mass is 338 g/mol. The number of hydrogen-bond donors (Lipinski definition) is 1. The molecular weight excluding hydrogens is 312 g/mol. The summed E-state index contributed by atoms with van der Waals surface area (Å²) in [6.07, 6.45) is 6.34. The Hall–Kier alpha value is -2.43. The van der Waals surface area contributed by atoms with E-state index in [9.17, 15) is 4.79 Å². The van der Waals surface area contributed by atoms with Crippen molar-refractivity contribution in [3.05, 3.63) is 53.3 Å². The number of nitrogens with one attached hydrogen (secondary N) is 1. The fourth-order valence-electron chi connectivity index (χ4n) is 3.28. The van der Waals surface area contributed by atoms with Gasteiger partial charge in [0.25, 0.3) is 5.91 Å². The first-order valence-electron chi connectivity index (χ1n) is 9.11. The van der Waals surface area contributed by atoms with E-state index < -0.39 is 0 Å². The lowest BCUT2D eigenvalue weighted by Crippen LogP contribution is -2.40. The number of piperidine rings is 1. The number of aryl methyl sites for hydroxylation is 1. The molecule has 1 aromatic carbocycles. The third kappa shape index (κ3) is 4.35. The van der Waals surface area contributed by atoms with Gasteiger partial charge in [0.05, 0.1) is 0 Å². The first kappa shape index (κ1) is 17.4. The van der Waals surface area contributed by atoms with Gasteiger partial charge in [0.15, 0.2) is 0 Å². The molecule has 25 heavy (non-hydrogen) atoms. The Labute approximate surface area is 149 Å². The van der Waals surface area contributed by atoms with Crippen molar-refractivity contribution in [2.45, 2.75) is 52.1 Å². The van der Waals surface area contributed by atoms with Gasteiger partial charge in [-0.2, -0.15) is 0 Å². The number of carbonyl (C=O) groups excluding carboxylic acids is 1. The third-order valence-electron chi connectivity index (χ3n) is 4.80. The van der Waals surface area contributed by atoms with E-state index in [2.05, 4.69) is 34.0 Å². The zero-order chi connectivity index (χ0) is 17.6. The van der Waals surface area contributed by atoms with Crippen LogP contribution < -0.4 is 10.2 Å². The molecule has 1 aliphatic rings. The van der Waals surface area contributed by atoms with Gasteiger partial charge in [-0.1, -0.05) is 36.8 Å². The maximum absolute atomic E-state index is 12.5. The molecule has 2 aromatic rings. The van der Waals surface area contributed by atoms with Gasteiger partial charge < -0.3 is 10.2 Å². The highest BCUT2D eigenvalue weighted by Crippen LogP contribution is 2.23. The predicted molar refractivity (Wildman–Crippen MR) is 99.7 cm³/mol. The van der Waals surface area contributed by atoms with Crippen molar-refractivity contribution >= 4 is 11.9 Å². The van der Waals surface area contributed by atoms with Gasteiger partial charge in [0.1, 0.15) is 5.69 Å². The number of rotatable bonds is 5. The van der Waals surface area contributed by atoms with E-state index in [-0.39, 0.29) is 5.91 Å². The highest BCUT2D eigenvalue weighted by atomic mass is 16.1. The average Bonchev–Trinajstić information content (AvgIpc) is 2.67. The lowest BCUT2D eigenvalue weighted by atomic mass is 10.0. The van der Waals surface area contributed by atoms with E-state index in [0.717, 1.165) is 24.9 Å². The van der Waals surface area contributed by atoms with Crippen molar-refractivity contribution < 1.29 is 4.79 Å². The Morgan fingerprint density at radius 2 is 2.04 bits per heavy atom. The molecule has 3 rings (SSSR count). The fraction of sp³-hybridized carbons (Fsp3) is 0.450. The van der Waals surface area contributed by atoms with Gasteiger partial charge in [-0.05, 0) is 44.2 Å². The molecule has 132 valence electrons. The number of benzene rings is 1. The molecule has 0 bridgehead atoms. The Kier molecular flexibility index (Phi) is 5.64. The Morgan fingerprint density at radius 1 is 1.24 bits per heavy atom. The third-order valence-corrected chi connectivity index (χ3v) is 4.80. The summed E-state index contributed by atoms with van der Waals surface area (Å²) in [6, 6.07) is 10.3. The number of hydrogen-bond acceptors (Lipinski definition) is 4. The van der Waals surface area contributed by atoms with Crippen LogP contribution in [-0.4, -0.2) is 28.5 Å². The van der Waals surface area contributed by atoms with E-state index in [1.807, 2.05) is 24.3 Å². The van der Waals surface area contributed by atoms with Crippen LogP contribution >= 0.6 is 0 Å². The second kappa shape index (κ2) is 8.10. The van der Waals surface area contributed by atoms with Crippen molar-refractivity contribution in [1.82, 2.24) is 15.3 Å². The highest BCUT2D eigenvalue weighted by Gasteiger charge is 2.23. The van der Waals surface area contributed by atoms with E-state index in [4.69, 9.17) is 0 Å². The second-order valence-corrected chi connectivity index (χ2v) is 6.66. The van der Waals surface area contributed by atoms with Crippen LogP contribution in [0, 0.1) is 6.92 Å². The maximum atomic E-state index is 12.5. The summed E-state index contributed by atoms with van der Waals surface area (Å²) in [5, 5.41) is 2.94. The largest absolute Gasteiger partial charge is 0.347 e. The van der Waals surface area contributed by atoms with Crippen LogP contribution in [-0.2, 0) is 6.54 Å². The van der Waals surface area contributed by atoms with E-state index in [1.54, 1.807) is 12.3 Å². The van der Waals surface area contributed by atoms with Gasteiger partial charge in [0, 0.05) is 25.3 Å². The first-order valence-corrected chi connectivity index (χ1v) is 9.11. The van der Waals surface area contributed by atoms with Crippen molar-refractivity contribution in [3.63, 3.8) is 0 Å². The van der Waals surface area contributed by atoms with Crippen LogP contribution in [0.5, 0.6) is 0 Å². The molecule has 0 radical (unpaired) electrons. The van der Waals surface area contributed by atoms with Gasteiger partial charge in [0.2, 0.25) is 5.95 Å². The molecule has 1 amide bonds. The molecule has 1 atom stereocenters. The molecule has 0 aliphatic carbocycles. The van der Waals surface area contributed by atoms with Crippen LogP contribution in [0.15, 0.2) is 36.5 Å². The summed E-state index contributed by atoms with van der Waals surface area (Å²) in [6.45, 7) is 5.71. The molecule has 2 heterocycles. The minimum atomic E-state index is -0.158. The van der Waals surface area contributed by atoms with Crippen LogP contribution in [0.25, 0.3) is 0 Å². The van der Waals surface area contributed by atoms with Crippen LogP contribution in [0.4, 0.5) is 5.95 Å². The van der Waals surface area contributed by atoms with E-state index >= 15 is 0 Å². The molecule has 5 nitrogen and oxygen atoms in total. The summed E-state index contributed by atoms with van der Waals surface area (Å²) in [5.74, 6) is 0.517. The molecule has 1 N–H and O–H groups in total. The van der Waals surface area contributed by atoms with Gasteiger partial charge in [-0.3, -0.25) is 4.79 Å². The molecular formula is C20H26N4O. The van der Waals surface area contributed by atoms with E-state index in [0.29, 0.717) is 24.2 Å². The van der Waals surface area contributed by atoms with Crippen LogP contribution in [0.2, 0.25) is 0 Å². The minimum absolute atomic E-state index is 0.158. The molecule has 1 unspecified atom stereocenters. The second-order valence-electron chi connectivity index (χ2n) is 6.66. The smallest absolute Gasteiger partial charge is 0.270 e. The molecule has 0 saturated carbocycles. The maximum Gasteiger partial charge on any atom is 0.270 e. The molecule has 1 fully saturated rings. The van der Waals surface area contributed by atoms with Crippen LogP contribution in [0.3, 0.4) is 0 Å². The van der Waals surface area contributed by atoms with Gasteiger partial charge in [-0.15, -0.1) is 0 Å². The number of anilines is 1. The molecule has 1 aliphatic heterocycles. The van der Waals surface area contributed by atoms with Crippen molar-refractivity contribution in [2.75, 3.05) is 11.4 Å². The lowest BCUT2D eigenvalue weighted by Gasteiger charge is -2.35. The highest BCUT2D eigenvalue weighted by molar-refractivity contribution is 5.92. The number of amides is 1. The van der Waals surface area contributed by atoms with Crippen LogP contribution in [0.1, 0.15) is 54.2 Å². The summed E-state index contributed by atoms with van der Waals surface area (Å²) in [7, 11) is 0. The molecule has 1 aromatic heterocycles. The first-order chi connectivity index (χ1) is 12.2. The van der Waals surface area contributed by atoms with E-state index in [1.165, 1.54) is 18.4 Å². The number of nitrogens with zero attached hydrogens (tertiary/aromatic N) is 3. The fourth-order valence-corrected chi connectivity index (χ4v) is 3.28. The SMILES string of the molecule is CCC1CCCCN1c1nccc(C(=O)NCc2ccc(C)cc2)n1. The molecule has 1 saturated heterocycles. The molecule has 0 spiro atoms. The zero-order valence-electron chi connectivity index (χ0n) is 15.0. The summed E-state index contributed by atoms with van der Waals surface area (Å²) in [4.78, 5) is 23.6. The van der Waals surface area contributed by atoms with Crippen molar-refractivity contribution in [1.29, 1.82) is 0 Å². The zero-order valence-corrected chi connectivity index (χ0v) is 15.0. The number of aromatic nitrogens is 2. The van der Waals surface area contributed by atoms with Gasteiger partial charge >= 0.3 is 0 Å². The quantitative estimate of drug-likeness (QED) is 0.907. The lowest BCUT2D eigenvalue weighted by molar-refractivity contribution is 0.0945. The van der Waals surface area contributed by atoms with Crippen molar-refractivity contribution in [2.24, 2.45) is 0 Å². The summed E-state index contributed by atoms with van der Waals surface area (Å²) >= 11 is 0. The number of carbonyl (C=O) groups is 1. The van der Waals surface area contributed by atoms with Gasteiger partial charge in [-0.25, -0.2) is 9.97 Å². The average molecular weight is 338 g/mol.